The SMILES string of the molecule is Cc1cc(OC(C)C(=O)NCCN(C)c2ccccc2)cc(C)c1Cl. The molecule has 0 fully saturated rings. The Morgan fingerprint density at radius 3 is 2.40 bits per heavy atom. The fourth-order valence-corrected chi connectivity index (χ4v) is 2.64. The van der Waals surface area contributed by atoms with Crippen LogP contribution in [0.1, 0.15) is 18.1 Å². The van der Waals surface area contributed by atoms with E-state index in [2.05, 4.69) is 10.2 Å². The molecule has 0 radical (unpaired) electrons. The highest BCUT2D eigenvalue weighted by Crippen LogP contribution is 2.26. The second-order valence-corrected chi connectivity index (χ2v) is 6.56. The molecule has 0 saturated heterocycles. The maximum Gasteiger partial charge on any atom is 0.260 e. The van der Waals surface area contributed by atoms with Crippen molar-refractivity contribution in [3.8, 4) is 5.75 Å². The average Bonchev–Trinajstić information content (AvgIpc) is 2.60. The van der Waals surface area contributed by atoms with Crippen molar-refractivity contribution in [1.29, 1.82) is 0 Å². The molecule has 25 heavy (non-hydrogen) atoms. The lowest BCUT2D eigenvalue weighted by Gasteiger charge is -2.20. The first-order valence-corrected chi connectivity index (χ1v) is 8.73. The highest BCUT2D eigenvalue weighted by atomic mass is 35.5. The van der Waals surface area contributed by atoms with Crippen molar-refractivity contribution in [2.45, 2.75) is 26.9 Å². The second-order valence-electron chi connectivity index (χ2n) is 6.18. The number of carbonyl (C=O) groups excluding carboxylic acids is 1. The van der Waals surface area contributed by atoms with Gasteiger partial charge >= 0.3 is 0 Å². The van der Waals surface area contributed by atoms with Crippen LogP contribution in [0.5, 0.6) is 5.75 Å². The Hall–Kier alpha value is -2.20. The Balaban J connectivity index is 1.82. The highest BCUT2D eigenvalue weighted by molar-refractivity contribution is 6.32. The molecule has 4 nitrogen and oxygen atoms in total. The number of benzene rings is 2. The molecule has 1 atom stereocenters. The first kappa shape index (κ1) is 19.1. The van der Waals surface area contributed by atoms with E-state index in [4.69, 9.17) is 16.3 Å². The fourth-order valence-electron chi connectivity index (χ4n) is 2.53. The molecule has 0 spiro atoms. The molecule has 1 amide bonds. The van der Waals surface area contributed by atoms with Crippen molar-refractivity contribution in [2.75, 3.05) is 25.0 Å². The molecule has 0 bridgehead atoms. The summed E-state index contributed by atoms with van der Waals surface area (Å²) in [5.41, 5.74) is 3.00. The largest absolute Gasteiger partial charge is 0.481 e. The van der Waals surface area contributed by atoms with E-state index in [1.54, 1.807) is 6.92 Å². The summed E-state index contributed by atoms with van der Waals surface area (Å²) in [4.78, 5) is 14.3. The Morgan fingerprint density at radius 1 is 1.20 bits per heavy atom. The van der Waals surface area contributed by atoms with Gasteiger partial charge in [0, 0.05) is 30.8 Å². The normalized spacial score (nSPS) is 11.7. The minimum absolute atomic E-state index is 0.133. The number of aryl methyl sites for hydroxylation is 2. The van der Waals surface area contributed by atoms with E-state index in [0.717, 1.165) is 28.4 Å². The number of para-hydroxylation sites is 1. The number of amides is 1. The minimum Gasteiger partial charge on any atom is -0.481 e. The van der Waals surface area contributed by atoms with Gasteiger partial charge in [-0.15, -0.1) is 0 Å². The van der Waals surface area contributed by atoms with Gasteiger partial charge in [0.15, 0.2) is 6.10 Å². The molecular weight excluding hydrogens is 336 g/mol. The molecule has 0 aliphatic rings. The summed E-state index contributed by atoms with van der Waals surface area (Å²) >= 11 is 6.16. The molecule has 2 aromatic carbocycles. The van der Waals surface area contributed by atoms with E-state index in [1.807, 2.05) is 63.4 Å². The maximum atomic E-state index is 12.2. The summed E-state index contributed by atoms with van der Waals surface area (Å²) in [5.74, 6) is 0.523. The van der Waals surface area contributed by atoms with E-state index in [1.165, 1.54) is 0 Å². The molecule has 2 aromatic rings. The van der Waals surface area contributed by atoms with Crippen LogP contribution in [0.15, 0.2) is 42.5 Å². The molecule has 0 heterocycles. The van der Waals surface area contributed by atoms with Crippen LogP contribution in [0.4, 0.5) is 5.69 Å². The lowest BCUT2D eigenvalue weighted by molar-refractivity contribution is -0.127. The smallest absolute Gasteiger partial charge is 0.260 e. The van der Waals surface area contributed by atoms with Gasteiger partial charge in [0.1, 0.15) is 5.75 Å². The Morgan fingerprint density at radius 2 is 1.80 bits per heavy atom. The molecule has 0 saturated carbocycles. The van der Waals surface area contributed by atoms with Crippen LogP contribution in [-0.2, 0) is 4.79 Å². The van der Waals surface area contributed by atoms with E-state index in [9.17, 15) is 4.79 Å². The predicted octanol–water partition coefficient (Wildman–Crippen LogP) is 3.98. The van der Waals surface area contributed by atoms with Gasteiger partial charge in [-0.1, -0.05) is 29.8 Å². The summed E-state index contributed by atoms with van der Waals surface area (Å²) in [6.07, 6.45) is -0.568. The number of ether oxygens (including phenoxy) is 1. The molecule has 0 aliphatic heterocycles. The van der Waals surface area contributed by atoms with Crippen molar-refractivity contribution in [2.24, 2.45) is 0 Å². The second kappa shape index (κ2) is 8.77. The van der Waals surface area contributed by atoms with Gasteiger partial charge in [0.05, 0.1) is 0 Å². The molecule has 0 aliphatic carbocycles. The first-order valence-electron chi connectivity index (χ1n) is 8.35. The molecule has 5 heteroatoms. The molecule has 0 aromatic heterocycles. The molecule has 1 unspecified atom stereocenters. The van der Waals surface area contributed by atoms with Gasteiger partial charge in [0.25, 0.3) is 5.91 Å². The zero-order valence-corrected chi connectivity index (χ0v) is 15.9. The van der Waals surface area contributed by atoms with Crippen LogP contribution in [-0.4, -0.2) is 32.1 Å². The van der Waals surface area contributed by atoms with Gasteiger partial charge in [-0.2, -0.15) is 0 Å². The number of halogens is 1. The summed E-state index contributed by atoms with van der Waals surface area (Å²) in [6, 6.07) is 13.8. The first-order chi connectivity index (χ1) is 11.9. The number of nitrogens with zero attached hydrogens (tertiary/aromatic N) is 1. The number of anilines is 1. The van der Waals surface area contributed by atoms with Crippen LogP contribution in [0.2, 0.25) is 5.02 Å². The van der Waals surface area contributed by atoms with Crippen LogP contribution in [0, 0.1) is 13.8 Å². The van der Waals surface area contributed by atoms with E-state index in [0.29, 0.717) is 12.3 Å². The maximum absolute atomic E-state index is 12.2. The Bertz CT molecular complexity index is 696. The van der Waals surface area contributed by atoms with E-state index < -0.39 is 6.10 Å². The van der Waals surface area contributed by atoms with Gasteiger partial charge in [-0.05, 0) is 56.2 Å². The van der Waals surface area contributed by atoms with Gasteiger partial charge < -0.3 is 15.0 Å². The van der Waals surface area contributed by atoms with Crippen LogP contribution in [0.3, 0.4) is 0 Å². The number of carbonyl (C=O) groups is 1. The molecular formula is C20H25ClN2O2. The quantitative estimate of drug-likeness (QED) is 0.812. The predicted molar refractivity (Wildman–Crippen MR) is 104 cm³/mol. The van der Waals surface area contributed by atoms with Gasteiger partial charge in [-0.3, -0.25) is 4.79 Å². The van der Waals surface area contributed by atoms with Gasteiger partial charge in [0.2, 0.25) is 0 Å². The molecule has 134 valence electrons. The third kappa shape index (κ3) is 5.40. The van der Waals surface area contributed by atoms with E-state index >= 15 is 0 Å². The fraction of sp³-hybridized carbons (Fsp3) is 0.350. The lowest BCUT2D eigenvalue weighted by atomic mass is 10.1. The molecule has 2 rings (SSSR count). The van der Waals surface area contributed by atoms with Crippen LogP contribution in [0.25, 0.3) is 0 Å². The molecule has 1 N–H and O–H groups in total. The Kier molecular flexibility index (Phi) is 6.71. The van der Waals surface area contributed by atoms with Crippen LogP contribution < -0.4 is 15.0 Å². The van der Waals surface area contributed by atoms with Crippen molar-refractivity contribution < 1.29 is 9.53 Å². The zero-order valence-electron chi connectivity index (χ0n) is 15.2. The number of likely N-dealkylation sites (N-methyl/N-ethyl adjacent to an activating group) is 1. The van der Waals surface area contributed by atoms with Crippen molar-refractivity contribution in [3.63, 3.8) is 0 Å². The Labute approximate surface area is 154 Å². The summed E-state index contributed by atoms with van der Waals surface area (Å²) in [6.45, 7) is 6.87. The monoisotopic (exact) mass is 360 g/mol. The summed E-state index contributed by atoms with van der Waals surface area (Å²) in [5, 5.41) is 3.64. The van der Waals surface area contributed by atoms with Gasteiger partial charge in [-0.25, -0.2) is 0 Å². The highest BCUT2D eigenvalue weighted by Gasteiger charge is 2.15. The van der Waals surface area contributed by atoms with E-state index in [-0.39, 0.29) is 5.91 Å². The zero-order chi connectivity index (χ0) is 18.4. The van der Waals surface area contributed by atoms with Crippen molar-refractivity contribution in [3.05, 3.63) is 58.6 Å². The number of hydrogen-bond acceptors (Lipinski definition) is 3. The van der Waals surface area contributed by atoms with Crippen molar-refractivity contribution >= 4 is 23.2 Å². The topological polar surface area (TPSA) is 41.6 Å². The number of rotatable bonds is 7. The van der Waals surface area contributed by atoms with Crippen LogP contribution >= 0.6 is 11.6 Å². The standard InChI is InChI=1S/C20H25ClN2O2/c1-14-12-18(13-15(2)19(14)21)25-16(3)20(24)22-10-11-23(4)17-8-6-5-7-9-17/h5-9,12-13,16H,10-11H2,1-4H3,(H,22,24). The number of hydrogen-bond donors (Lipinski definition) is 1. The average molecular weight is 361 g/mol. The minimum atomic E-state index is -0.568. The summed E-state index contributed by atoms with van der Waals surface area (Å²) < 4.78 is 5.75. The summed E-state index contributed by atoms with van der Waals surface area (Å²) in [7, 11) is 2.00. The third-order valence-corrected chi connectivity index (χ3v) is 4.63. The lowest BCUT2D eigenvalue weighted by Crippen LogP contribution is -2.40. The third-order valence-electron chi connectivity index (χ3n) is 4.04. The number of nitrogens with one attached hydrogen (secondary N) is 1. The van der Waals surface area contributed by atoms with Crippen molar-refractivity contribution in [1.82, 2.24) is 5.32 Å².